The lowest BCUT2D eigenvalue weighted by Gasteiger charge is -2.47. The molecular weight excluding hydrogens is 303 g/mol. The number of hydrogen-bond acceptors (Lipinski definition) is 2. The van der Waals surface area contributed by atoms with Crippen molar-refractivity contribution in [3.63, 3.8) is 0 Å². The maximum absolute atomic E-state index is 5.92. The fourth-order valence-corrected chi connectivity index (χ4v) is 3.07. The fourth-order valence-electron chi connectivity index (χ4n) is 2.66. The Morgan fingerprint density at radius 2 is 2.40 bits per heavy atom. The van der Waals surface area contributed by atoms with Crippen LogP contribution < -0.4 is 0 Å². The second-order valence-electron chi connectivity index (χ2n) is 4.67. The summed E-state index contributed by atoms with van der Waals surface area (Å²) in [6.07, 6.45) is 10.2. The number of rotatable bonds is 1. The fraction of sp³-hybridized carbons (Fsp3) is 0.727. The lowest BCUT2D eigenvalue weighted by Crippen LogP contribution is -2.46. The third-order valence-corrected chi connectivity index (χ3v) is 4.23. The van der Waals surface area contributed by atoms with Crippen LogP contribution in [0.25, 0.3) is 0 Å². The highest BCUT2D eigenvalue weighted by molar-refractivity contribution is 14.1. The van der Waals surface area contributed by atoms with Gasteiger partial charge in [-0.1, -0.05) is 0 Å². The van der Waals surface area contributed by atoms with Crippen molar-refractivity contribution in [2.75, 3.05) is 6.61 Å². The summed E-state index contributed by atoms with van der Waals surface area (Å²) in [5, 5.41) is 4.42. The number of hydrogen-bond donors (Lipinski definition) is 0. The zero-order valence-corrected chi connectivity index (χ0v) is 10.8. The van der Waals surface area contributed by atoms with Gasteiger partial charge in [0.2, 0.25) is 0 Å². The Morgan fingerprint density at radius 1 is 1.53 bits per heavy atom. The Kier molecular flexibility index (Phi) is 2.51. The van der Waals surface area contributed by atoms with Crippen molar-refractivity contribution in [1.29, 1.82) is 0 Å². The van der Waals surface area contributed by atoms with E-state index in [1.54, 1.807) is 0 Å². The topological polar surface area (TPSA) is 27.1 Å². The van der Waals surface area contributed by atoms with E-state index < -0.39 is 0 Å². The maximum Gasteiger partial charge on any atom is 0.0703 e. The molecule has 1 unspecified atom stereocenters. The summed E-state index contributed by atoms with van der Waals surface area (Å²) < 4.78 is 9.27. The molecule has 1 atom stereocenters. The summed E-state index contributed by atoms with van der Waals surface area (Å²) in [5.74, 6) is 0. The first kappa shape index (κ1) is 10.1. The highest BCUT2D eigenvalue weighted by atomic mass is 127. The molecule has 2 heterocycles. The van der Waals surface area contributed by atoms with Crippen molar-refractivity contribution in [2.24, 2.45) is 0 Å². The first-order valence-corrected chi connectivity index (χ1v) is 6.69. The zero-order chi connectivity index (χ0) is 10.3. The Bertz CT molecular complexity index is 359. The highest BCUT2D eigenvalue weighted by Gasteiger charge is 2.43. The van der Waals surface area contributed by atoms with Gasteiger partial charge in [-0.25, -0.2) is 0 Å². The summed E-state index contributed by atoms with van der Waals surface area (Å²) in [6.45, 7) is 0.904. The van der Waals surface area contributed by atoms with E-state index >= 15 is 0 Å². The van der Waals surface area contributed by atoms with Crippen molar-refractivity contribution in [3.05, 3.63) is 16.0 Å². The number of aromatic nitrogens is 2. The van der Waals surface area contributed by atoms with Crippen LogP contribution in [-0.4, -0.2) is 22.0 Å². The third-order valence-electron chi connectivity index (χ3n) is 3.68. The summed E-state index contributed by atoms with van der Waals surface area (Å²) in [7, 11) is 0. The van der Waals surface area contributed by atoms with Crippen molar-refractivity contribution >= 4 is 22.6 Å². The number of halogens is 1. The van der Waals surface area contributed by atoms with Gasteiger partial charge < -0.3 is 4.74 Å². The largest absolute Gasteiger partial charge is 0.375 e. The summed E-state index contributed by atoms with van der Waals surface area (Å²) in [4.78, 5) is 0. The van der Waals surface area contributed by atoms with Gasteiger partial charge in [0.25, 0.3) is 0 Å². The Morgan fingerprint density at radius 3 is 3.00 bits per heavy atom. The molecule has 2 fully saturated rings. The van der Waals surface area contributed by atoms with E-state index in [0.717, 1.165) is 19.4 Å². The molecule has 0 N–H and O–H groups in total. The zero-order valence-electron chi connectivity index (χ0n) is 8.66. The predicted octanol–water partition coefficient (Wildman–Crippen LogP) is 2.76. The van der Waals surface area contributed by atoms with Crippen molar-refractivity contribution in [3.8, 4) is 0 Å². The summed E-state index contributed by atoms with van der Waals surface area (Å²) in [6, 6.07) is 0.558. The van der Waals surface area contributed by atoms with Gasteiger partial charge in [-0.2, -0.15) is 5.10 Å². The summed E-state index contributed by atoms with van der Waals surface area (Å²) in [5.41, 5.74) is 0.223. The number of nitrogens with zero attached hydrogens (tertiary/aromatic N) is 2. The van der Waals surface area contributed by atoms with Crippen LogP contribution >= 0.6 is 22.6 Å². The molecule has 1 saturated heterocycles. The molecule has 3 rings (SSSR count). The molecule has 0 radical (unpaired) electrons. The predicted molar refractivity (Wildman–Crippen MR) is 65.7 cm³/mol. The average Bonchev–Trinajstić information content (AvgIpc) is 2.63. The van der Waals surface area contributed by atoms with Crippen molar-refractivity contribution < 1.29 is 4.74 Å². The van der Waals surface area contributed by atoms with E-state index in [-0.39, 0.29) is 5.60 Å². The van der Waals surface area contributed by atoms with E-state index in [2.05, 4.69) is 38.6 Å². The Labute approximate surface area is 103 Å². The normalized spacial score (nSPS) is 29.0. The van der Waals surface area contributed by atoms with Crippen molar-refractivity contribution in [2.45, 2.75) is 43.7 Å². The van der Waals surface area contributed by atoms with Gasteiger partial charge in [0.1, 0.15) is 0 Å². The van der Waals surface area contributed by atoms with Crippen LogP contribution in [0.3, 0.4) is 0 Å². The van der Waals surface area contributed by atoms with Crippen LogP contribution in [0.15, 0.2) is 12.4 Å². The van der Waals surface area contributed by atoms with Crippen LogP contribution in [0.5, 0.6) is 0 Å². The smallest absolute Gasteiger partial charge is 0.0703 e. The Hall–Kier alpha value is -0.100. The van der Waals surface area contributed by atoms with Gasteiger partial charge in [-0.3, -0.25) is 4.68 Å². The average molecular weight is 318 g/mol. The van der Waals surface area contributed by atoms with E-state index in [4.69, 9.17) is 4.74 Å². The van der Waals surface area contributed by atoms with Gasteiger partial charge in [-0.05, 0) is 54.7 Å². The van der Waals surface area contributed by atoms with E-state index in [1.165, 1.54) is 22.8 Å². The molecule has 0 aromatic carbocycles. The van der Waals surface area contributed by atoms with Gasteiger partial charge in [0.15, 0.2) is 0 Å². The molecule has 2 aliphatic rings. The molecule has 1 aromatic rings. The van der Waals surface area contributed by atoms with Crippen molar-refractivity contribution in [1.82, 2.24) is 9.78 Å². The monoisotopic (exact) mass is 318 g/mol. The molecule has 4 heteroatoms. The minimum absolute atomic E-state index is 0.223. The first-order valence-electron chi connectivity index (χ1n) is 5.61. The van der Waals surface area contributed by atoms with Gasteiger partial charge >= 0.3 is 0 Å². The SMILES string of the molecule is Ic1cnn(C2CCOC3(CCC3)C2)c1. The van der Waals surface area contributed by atoms with E-state index in [1.807, 2.05) is 6.20 Å². The molecule has 3 nitrogen and oxygen atoms in total. The third kappa shape index (κ3) is 1.82. The lowest BCUT2D eigenvalue weighted by atomic mass is 9.74. The highest BCUT2D eigenvalue weighted by Crippen LogP contribution is 2.45. The molecular formula is C11H15IN2O. The van der Waals surface area contributed by atoms with Crippen LogP contribution in [0.2, 0.25) is 0 Å². The molecule has 0 amide bonds. The van der Waals surface area contributed by atoms with Gasteiger partial charge in [-0.15, -0.1) is 0 Å². The number of ether oxygens (including phenoxy) is 1. The van der Waals surface area contributed by atoms with Gasteiger partial charge in [0.05, 0.1) is 21.4 Å². The first-order chi connectivity index (χ1) is 7.27. The minimum Gasteiger partial charge on any atom is -0.375 e. The molecule has 15 heavy (non-hydrogen) atoms. The molecule has 1 aromatic heterocycles. The Balaban J connectivity index is 1.76. The van der Waals surface area contributed by atoms with E-state index in [9.17, 15) is 0 Å². The summed E-state index contributed by atoms with van der Waals surface area (Å²) >= 11 is 2.31. The molecule has 82 valence electrons. The van der Waals surface area contributed by atoms with Crippen LogP contribution in [-0.2, 0) is 4.74 Å². The standard InChI is InChI=1S/C11H15IN2O/c12-9-7-13-14(8-9)10-2-5-15-11(6-10)3-1-4-11/h7-8,10H,1-6H2. The molecule has 0 bridgehead atoms. The molecule has 1 aliphatic carbocycles. The van der Waals surface area contributed by atoms with Crippen LogP contribution in [0, 0.1) is 3.57 Å². The quantitative estimate of drug-likeness (QED) is 0.745. The lowest BCUT2D eigenvalue weighted by molar-refractivity contribution is -0.141. The second kappa shape index (κ2) is 3.73. The minimum atomic E-state index is 0.223. The van der Waals surface area contributed by atoms with Crippen LogP contribution in [0.1, 0.15) is 38.1 Å². The molecule has 1 aliphatic heterocycles. The maximum atomic E-state index is 5.92. The second-order valence-corrected chi connectivity index (χ2v) is 5.92. The molecule has 1 saturated carbocycles. The van der Waals surface area contributed by atoms with Gasteiger partial charge in [0, 0.05) is 12.8 Å². The molecule has 1 spiro atoms. The van der Waals surface area contributed by atoms with E-state index in [0.29, 0.717) is 6.04 Å². The van der Waals surface area contributed by atoms with Crippen LogP contribution in [0.4, 0.5) is 0 Å².